The Balaban J connectivity index is 6.21. The van der Waals surface area contributed by atoms with Crippen LogP contribution in [0.1, 0.15) is 59.3 Å². The van der Waals surface area contributed by atoms with E-state index in [2.05, 4.69) is 60.2 Å². The van der Waals surface area contributed by atoms with Crippen LogP contribution in [0.3, 0.4) is 0 Å². The van der Waals surface area contributed by atoms with E-state index in [9.17, 15) is 68.4 Å². The van der Waals surface area contributed by atoms with E-state index >= 15 is 0 Å². The van der Waals surface area contributed by atoms with Crippen LogP contribution in [-0.4, -0.2) is 184 Å². The number of guanidine groups is 1. The number of nitrogens with zero attached hydrogens (tertiary/aromatic N) is 1. The number of rotatable bonds is 33. The number of carboxylic acids is 1. The summed E-state index contributed by atoms with van der Waals surface area (Å²) in [6, 6.07) is -13.3. The van der Waals surface area contributed by atoms with Gasteiger partial charge < -0.3 is 85.9 Å². The van der Waals surface area contributed by atoms with E-state index in [1.165, 1.54) is 18.7 Å². The van der Waals surface area contributed by atoms with Crippen molar-refractivity contribution in [3.63, 3.8) is 0 Å². The summed E-state index contributed by atoms with van der Waals surface area (Å²) < 4.78 is 0. The molecule has 9 amide bonds. The third kappa shape index (κ3) is 23.6. The molecule has 20 N–H and O–H groups in total. The summed E-state index contributed by atoms with van der Waals surface area (Å²) in [6.07, 6.45) is 1.14. The highest BCUT2D eigenvalue weighted by Gasteiger charge is 2.34. The quantitative estimate of drug-likeness (QED) is 0.0126. The summed E-state index contributed by atoms with van der Waals surface area (Å²) in [5.74, 6) is -10.6. The Kier molecular flexibility index (Phi) is 29.5. The summed E-state index contributed by atoms with van der Waals surface area (Å²) in [6.45, 7) is 1.55. The monoisotopic (exact) mass is 981 g/mol. The van der Waals surface area contributed by atoms with Crippen molar-refractivity contribution in [2.45, 2.75) is 114 Å². The standard InChI is InChI=1S/C37H67N13O14S2/c1-17(2)12-22(31(58)50-26(16-65)35(62)45-21(7-8-27(39)54)29(56)43-18(3)36(63)64)46-33(60)25(15-53)48-30(57)20(6-5-10-42-37(40)41)44-32(59)24(14-52)49-34(61)23(13-51)47-28(55)19(38)9-11-66-4/h17-26,51-53,65H,5-16,38H2,1-4H3,(H2,39,54)(H,43,56)(H,44,59)(H,45,62)(H,46,60)(H,47,55)(H,48,57)(H,49,61)(H,50,58)(H,63,64)(H4,40,41,42)/t18-,19-,20-,21-,22-,23-,24-,25-,26-/m0/s1. The van der Waals surface area contributed by atoms with Crippen LogP contribution in [0.15, 0.2) is 4.99 Å². The van der Waals surface area contributed by atoms with Gasteiger partial charge in [0, 0.05) is 18.7 Å². The zero-order valence-electron chi connectivity index (χ0n) is 37.2. The second kappa shape index (κ2) is 32.2. The number of primary amides is 1. The molecule has 29 heteroatoms. The number of aliphatic carboxylic acids is 1. The maximum atomic E-state index is 13.6. The van der Waals surface area contributed by atoms with E-state index in [4.69, 9.17) is 22.9 Å². The molecule has 0 aliphatic heterocycles. The molecule has 9 atom stereocenters. The van der Waals surface area contributed by atoms with Crippen LogP contribution >= 0.6 is 24.4 Å². The van der Waals surface area contributed by atoms with Gasteiger partial charge in [-0.15, -0.1) is 0 Å². The molecule has 0 unspecified atom stereocenters. The number of aliphatic imine (C=N–C) groups is 1. The lowest BCUT2D eigenvalue weighted by molar-refractivity contribution is -0.142. The molecule has 0 bridgehead atoms. The number of carboxylic acid groups (broad SMARTS) is 1. The molecule has 0 rings (SSSR count). The van der Waals surface area contributed by atoms with Crippen LogP contribution in [0, 0.1) is 5.92 Å². The number of carbonyl (C=O) groups excluding carboxylic acids is 9. The van der Waals surface area contributed by atoms with Gasteiger partial charge in [-0.3, -0.25) is 52.9 Å². The van der Waals surface area contributed by atoms with Gasteiger partial charge in [0.25, 0.3) is 0 Å². The molecular formula is C37H67N13O14S2. The number of aliphatic hydroxyl groups excluding tert-OH is 3. The van der Waals surface area contributed by atoms with Gasteiger partial charge in [-0.1, -0.05) is 13.8 Å². The van der Waals surface area contributed by atoms with E-state index in [1.807, 2.05) is 0 Å². The maximum absolute atomic E-state index is 13.6. The highest BCUT2D eigenvalue weighted by molar-refractivity contribution is 7.98. The molecule has 0 heterocycles. The molecule has 376 valence electrons. The molecule has 0 radical (unpaired) electrons. The first-order valence-corrected chi connectivity index (χ1v) is 22.7. The van der Waals surface area contributed by atoms with Crippen LogP contribution in [0.5, 0.6) is 0 Å². The summed E-state index contributed by atoms with van der Waals surface area (Å²) in [5.41, 5.74) is 21.8. The number of amides is 9. The van der Waals surface area contributed by atoms with Crippen LogP contribution in [0.25, 0.3) is 0 Å². The molecule has 0 saturated carbocycles. The van der Waals surface area contributed by atoms with Crippen molar-refractivity contribution in [3.05, 3.63) is 0 Å². The number of carbonyl (C=O) groups is 10. The minimum Gasteiger partial charge on any atom is -0.480 e. The summed E-state index contributed by atoms with van der Waals surface area (Å²) in [5, 5.41) is 57.5. The van der Waals surface area contributed by atoms with Crippen LogP contribution < -0.4 is 65.5 Å². The molecule has 66 heavy (non-hydrogen) atoms. The number of nitrogens with one attached hydrogen (secondary N) is 8. The van der Waals surface area contributed by atoms with Crippen molar-refractivity contribution < 1.29 is 68.4 Å². The topological polar surface area (TPSA) is 464 Å². The molecule has 0 saturated heterocycles. The van der Waals surface area contributed by atoms with Gasteiger partial charge >= 0.3 is 5.97 Å². The third-order valence-corrected chi connectivity index (χ3v) is 10.2. The zero-order chi connectivity index (χ0) is 50.7. The molecule has 0 aromatic heterocycles. The normalized spacial score (nSPS) is 15.1. The number of nitrogens with two attached hydrogens (primary N) is 4. The molecule has 0 aliphatic rings. The predicted octanol–water partition coefficient (Wildman–Crippen LogP) is -7.68. The summed E-state index contributed by atoms with van der Waals surface area (Å²) in [4.78, 5) is 132. The van der Waals surface area contributed by atoms with Gasteiger partial charge in [-0.05, 0) is 57.0 Å². The fraction of sp³-hybridized carbons (Fsp3) is 0.703. The second-order valence-corrected chi connectivity index (χ2v) is 16.5. The predicted molar refractivity (Wildman–Crippen MR) is 243 cm³/mol. The lowest BCUT2D eigenvalue weighted by Crippen LogP contribution is -2.61. The van der Waals surface area contributed by atoms with Crippen molar-refractivity contribution in [2.24, 2.45) is 33.8 Å². The lowest BCUT2D eigenvalue weighted by atomic mass is 10.0. The number of thioether (sulfide) groups is 1. The van der Waals surface area contributed by atoms with Crippen molar-refractivity contribution in [2.75, 3.05) is 44.1 Å². The first kappa shape index (κ1) is 60.5. The summed E-state index contributed by atoms with van der Waals surface area (Å²) >= 11 is 5.54. The van der Waals surface area contributed by atoms with Gasteiger partial charge in [-0.25, -0.2) is 0 Å². The van der Waals surface area contributed by atoms with Crippen LogP contribution in [0.2, 0.25) is 0 Å². The Morgan fingerprint density at radius 1 is 0.576 bits per heavy atom. The van der Waals surface area contributed by atoms with Gasteiger partial charge in [0.1, 0.15) is 48.3 Å². The van der Waals surface area contributed by atoms with E-state index < -0.39 is 133 Å². The van der Waals surface area contributed by atoms with Crippen LogP contribution in [-0.2, 0) is 47.9 Å². The molecule has 0 fully saturated rings. The van der Waals surface area contributed by atoms with E-state index in [0.717, 1.165) is 0 Å². The van der Waals surface area contributed by atoms with Gasteiger partial charge in [-0.2, -0.15) is 24.4 Å². The largest absolute Gasteiger partial charge is 0.480 e. The highest BCUT2D eigenvalue weighted by Crippen LogP contribution is 2.09. The fourth-order valence-corrected chi connectivity index (χ4v) is 6.22. The van der Waals surface area contributed by atoms with Gasteiger partial charge in [0.15, 0.2) is 5.96 Å². The van der Waals surface area contributed by atoms with Crippen molar-refractivity contribution in [1.29, 1.82) is 0 Å². The number of hydrogen-bond donors (Lipinski definition) is 17. The Morgan fingerprint density at radius 2 is 0.970 bits per heavy atom. The SMILES string of the molecule is CSCC[C@H](N)C(=O)N[C@@H](CO)C(=O)N[C@@H](CO)C(=O)N[C@@H](CCCN=C(N)N)C(=O)N[C@@H](CO)C(=O)N[C@@H](CC(C)C)C(=O)N[C@@H](CS)C(=O)N[C@@H](CCC(N)=O)C(=O)N[C@@H](C)C(=O)O. The van der Waals surface area contributed by atoms with E-state index in [0.29, 0.717) is 5.75 Å². The average molecular weight is 982 g/mol. The first-order chi connectivity index (χ1) is 31.0. The molecule has 0 aromatic carbocycles. The van der Waals surface area contributed by atoms with Crippen molar-refractivity contribution in [3.8, 4) is 0 Å². The molecule has 0 spiro atoms. The Bertz CT molecular complexity index is 1690. The average Bonchev–Trinajstić information content (AvgIpc) is 3.25. The number of thiol groups is 1. The zero-order valence-corrected chi connectivity index (χ0v) is 39.0. The highest BCUT2D eigenvalue weighted by atomic mass is 32.2. The molecule has 0 aromatic rings. The minimum absolute atomic E-state index is 0.0362. The minimum atomic E-state index is -1.76. The van der Waals surface area contributed by atoms with Crippen molar-refractivity contribution in [1.82, 2.24) is 42.5 Å². The molecule has 27 nitrogen and oxygen atoms in total. The maximum Gasteiger partial charge on any atom is 0.325 e. The summed E-state index contributed by atoms with van der Waals surface area (Å²) in [7, 11) is 0. The third-order valence-electron chi connectivity index (χ3n) is 9.19. The van der Waals surface area contributed by atoms with Gasteiger partial charge in [0.05, 0.1) is 25.9 Å². The smallest absolute Gasteiger partial charge is 0.325 e. The van der Waals surface area contributed by atoms with E-state index in [-0.39, 0.29) is 62.7 Å². The second-order valence-electron chi connectivity index (χ2n) is 15.2. The van der Waals surface area contributed by atoms with Gasteiger partial charge in [0.2, 0.25) is 53.2 Å². The fourth-order valence-electron chi connectivity index (χ4n) is 5.47. The Hall–Kier alpha value is -5.49. The Morgan fingerprint density at radius 3 is 1.39 bits per heavy atom. The number of aliphatic hydroxyl groups is 3. The molecular weight excluding hydrogens is 915 g/mol. The Labute approximate surface area is 391 Å². The van der Waals surface area contributed by atoms with Crippen LogP contribution in [0.4, 0.5) is 0 Å². The van der Waals surface area contributed by atoms with Crippen molar-refractivity contribution >= 4 is 89.5 Å². The van der Waals surface area contributed by atoms with E-state index in [1.54, 1.807) is 20.1 Å². The molecule has 0 aliphatic carbocycles. The lowest BCUT2D eigenvalue weighted by Gasteiger charge is -2.27. The number of hydrogen-bond acceptors (Lipinski definition) is 17. The first-order valence-electron chi connectivity index (χ1n) is 20.6.